The van der Waals surface area contributed by atoms with Gasteiger partial charge in [0.25, 0.3) is 0 Å². The summed E-state index contributed by atoms with van der Waals surface area (Å²) in [4.78, 5) is 0. The largest absolute Gasteiger partial charge is 0.209 e. The quantitative estimate of drug-likeness (QED) is 0.412. The van der Waals surface area contributed by atoms with Gasteiger partial charge in [-0.15, -0.1) is 6.42 Å². The van der Waals surface area contributed by atoms with Gasteiger partial charge in [0.05, 0.1) is 0 Å². The third kappa shape index (κ3) is 2.15. The number of hydrogen-bond acceptors (Lipinski definition) is 0. The Labute approximate surface area is 61.4 Å². The Morgan fingerprint density at radius 2 is 1.33 bits per heavy atom. The molecule has 0 rings (SSSR count). The van der Waals surface area contributed by atoms with Crippen molar-refractivity contribution >= 4 is 18.1 Å². The van der Waals surface area contributed by atoms with Gasteiger partial charge in [-0.2, -0.15) is 9.06 Å². The maximum atomic E-state index is 5.40. The van der Waals surface area contributed by atoms with Crippen LogP contribution in [0.4, 0.5) is 0 Å². The smallest absolute Gasteiger partial charge is 0.0169 e. The van der Waals surface area contributed by atoms with Crippen LogP contribution in [0.3, 0.4) is 0 Å². The molecule has 0 bridgehead atoms. The molecule has 0 aliphatic rings. The molecule has 2 heteroatoms. The third-order valence-electron chi connectivity index (χ3n) is 1.53. The minimum atomic E-state index is -0.725. The van der Waals surface area contributed by atoms with Crippen LogP contribution < -0.4 is 0 Å². The van der Waals surface area contributed by atoms with E-state index in [0.29, 0.717) is 0 Å². The molecule has 0 aromatic heterocycles. The van der Waals surface area contributed by atoms with Crippen molar-refractivity contribution in [3.63, 3.8) is 0 Å². The van der Waals surface area contributed by atoms with E-state index in [0.717, 1.165) is 0 Å². The molecule has 0 saturated heterocycles. The minimum Gasteiger partial charge on any atom is -0.209 e. The van der Waals surface area contributed by atoms with Crippen LogP contribution in [-0.2, 0) is 0 Å². The maximum Gasteiger partial charge on any atom is -0.0169 e. The summed E-state index contributed by atoms with van der Waals surface area (Å²) < 4.78 is 0. The fourth-order valence-electron chi connectivity index (χ4n) is 0.144. The zero-order chi connectivity index (χ0) is 7.71. The van der Waals surface area contributed by atoms with E-state index in [-0.39, 0.29) is 0 Å². The van der Waals surface area contributed by atoms with Gasteiger partial charge in [0.15, 0.2) is 0 Å². The average Bonchev–Trinajstić information content (AvgIpc) is 1.64. The molecular weight excluding hydrogens is 148 g/mol. The first-order chi connectivity index (χ1) is 3.81. The van der Waals surface area contributed by atoms with Crippen molar-refractivity contribution < 1.29 is 0 Å². The fourth-order valence-corrected chi connectivity index (χ4v) is 1.30. The highest BCUT2D eigenvalue weighted by Crippen LogP contribution is 2.71. The average molecular weight is 164 g/mol. The molecule has 0 fully saturated rings. The minimum absolute atomic E-state index is 0.505. The van der Waals surface area contributed by atoms with Crippen molar-refractivity contribution in [2.45, 2.75) is 0 Å². The van der Waals surface area contributed by atoms with E-state index >= 15 is 0 Å². The summed E-state index contributed by atoms with van der Waals surface area (Å²) in [5, 5.41) is 2.90. The van der Waals surface area contributed by atoms with E-state index in [1.54, 1.807) is 0 Å². The molecule has 9 heavy (non-hydrogen) atoms. The number of rotatable bonds is 1. The monoisotopic (exact) mass is 164 g/mol. The van der Waals surface area contributed by atoms with Gasteiger partial charge in [0.1, 0.15) is 0 Å². The van der Waals surface area contributed by atoms with E-state index < -0.39 is 18.1 Å². The first kappa shape index (κ1) is 9.26. The molecule has 0 unspecified atom stereocenters. The van der Waals surface area contributed by atoms with Gasteiger partial charge in [-0.05, 0) is 36.5 Å². The Balaban J connectivity index is 4.39. The SMILES string of the molecule is C#CS(C)(C)S(C)(C)C. The summed E-state index contributed by atoms with van der Waals surface area (Å²) in [6.45, 7) is 0. The van der Waals surface area contributed by atoms with Gasteiger partial charge in [0.2, 0.25) is 0 Å². The zero-order valence-corrected chi connectivity index (χ0v) is 8.53. The lowest BCUT2D eigenvalue weighted by atomic mass is 11.4. The molecule has 0 nitrogen and oxygen atoms in total. The molecule has 0 heterocycles. The molecule has 0 radical (unpaired) electrons. The van der Waals surface area contributed by atoms with Gasteiger partial charge in [-0.3, -0.25) is 0 Å². The van der Waals surface area contributed by atoms with Crippen molar-refractivity contribution in [1.82, 2.24) is 0 Å². The standard InChI is InChI=1S/C7H16S2/c1-7-9(5,6)8(2,3)4/h1H,2-6H3. The Kier molecular flexibility index (Phi) is 2.55. The molecule has 0 aromatic rings. The number of terminal acetylenes is 1. The highest BCUT2D eigenvalue weighted by atomic mass is 33.2. The molecule has 0 aromatic carbocycles. The second-order valence-corrected chi connectivity index (χ2v) is 14.7. The first-order valence-electron chi connectivity index (χ1n) is 2.70. The van der Waals surface area contributed by atoms with E-state index in [1.165, 1.54) is 0 Å². The topological polar surface area (TPSA) is 0 Å². The van der Waals surface area contributed by atoms with Crippen molar-refractivity contribution in [1.29, 1.82) is 0 Å². The summed E-state index contributed by atoms with van der Waals surface area (Å²) in [6, 6.07) is 0. The summed E-state index contributed by atoms with van der Waals surface area (Å²) in [6.07, 6.45) is 16.7. The van der Waals surface area contributed by atoms with Gasteiger partial charge in [0, 0.05) is 0 Å². The van der Waals surface area contributed by atoms with Gasteiger partial charge < -0.3 is 0 Å². The molecule has 0 amide bonds. The molecule has 0 spiro atoms. The van der Waals surface area contributed by atoms with Crippen LogP contribution in [0, 0.1) is 11.7 Å². The van der Waals surface area contributed by atoms with Gasteiger partial charge in [-0.25, -0.2) is 9.06 Å². The Morgan fingerprint density at radius 3 is 1.33 bits per heavy atom. The summed E-state index contributed by atoms with van der Waals surface area (Å²) in [7, 11) is -1.23. The summed E-state index contributed by atoms with van der Waals surface area (Å²) in [5.74, 6) is 0. The normalized spacial score (nSPS) is 16.4. The van der Waals surface area contributed by atoms with Crippen molar-refractivity contribution in [3.8, 4) is 11.7 Å². The molecule has 0 atom stereocenters. The lowest BCUT2D eigenvalue weighted by Crippen LogP contribution is -2.01. The Bertz CT molecular complexity index is 134. The lowest BCUT2D eigenvalue weighted by molar-refractivity contribution is 2.13. The molecule has 0 aliphatic carbocycles. The van der Waals surface area contributed by atoms with E-state index in [4.69, 9.17) is 6.42 Å². The predicted molar refractivity (Wildman–Crippen MR) is 53.6 cm³/mol. The fraction of sp³-hybridized carbons (Fsp3) is 0.714. The van der Waals surface area contributed by atoms with Crippen molar-refractivity contribution in [3.05, 3.63) is 0 Å². The Morgan fingerprint density at radius 1 is 1.00 bits per heavy atom. The molecular formula is C7H16S2. The van der Waals surface area contributed by atoms with Crippen LogP contribution in [0.2, 0.25) is 0 Å². The van der Waals surface area contributed by atoms with Crippen LogP contribution in [0.25, 0.3) is 0 Å². The predicted octanol–water partition coefficient (Wildman–Crippen LogP) is 2.25. The van der Waals surface area contributed by atoms with E-state index in [2.05, 4.69) is 36.5 Å². The van der Waals surface area contributed by atoms with Crippen LogP contribution in [0.1, 0.15) is 0 Å². The third-order valence-corrected chi connectivity index (χ3v) is 12.4. The molecule has 0 N–H and O–H groups in total. The maximum absolute atomic E-state index is 5.40. The summed E-state index contributed by atoms with van der Waals surface area (Å²) >= 11 is 0. The Hall–Kier alpha value is 0.260. The zero-order valence-electron chi connectivity index (χ0n) is 6.89. The second kappa shape index (κ2) is 2.48. The second-order valence-electron chi connectivity index (χ2n) is 3.08. The highest BCUT2D eigenvalue weighted by molar-refractivity contribution is 9.08. The lowest BCUT2D eigenvalue weighted by Gasteiger charge is -2.44. The van der Waals surface area contributed by atoms with Crippen LogP contribution in [0.15, 0.2) is 0 Å². The highest BCUT2D eigenvalue weighted by Gasteiger charge is 2.19. The van der Waals surface area contributed by atoms with E-state index in [9.17, 15) is 0 Å². The van der Waals surface area contributed by atoms with Crippen LogP contribution in [-0.4, -0.2) is 31.3 Å². The van der Waals surface area contributed by atoms with Crippen molar-refractivity contribution in [2.24, 2.45) is 0 Å². The summed E-state index contributed by atoms with van der Waals surface area (Å²) in [5.41, 5.74) is 0. The van der Waals surface area contributed by atoms with Crippen molar-refractivity contribution in [2.75, 3.05) is 31.3 Å². The van der Waals surface area contributed by atoms with Crippen LogP contribution >= 0.6 is 18.1 Å². The van der Waals surface area contributed by atoms with Gasteiger partial charge in [-0.1, -0.05) is 0 Å². The first-order valence-corrected chi connectivity index (χ1v) is 8.52. The number of hydrogen-bond donors (Lipinski definition) is 0. The molecule has 0 aliphatic heterocycles. The molecule has 56 valence electrons. The van der Waals surface area contributed by atoms with Crippen LogP contribution in [0.5, 0.6) is 0 Å². The van der Waals surface area contributed by atoms with E-state index in [1.807, 2.05) is 0 Å². The molecule has 0 saturated carbocycles. The van der Waals surface area contributed by atoms with Gasteiger partial charge >= 0.3 is 0 Å².